The van der Waals surface area contributed by atoms with Crippen molar-refractivity contribution >= 4 is 38.6 Å². The molecule has 12 heavy (non-hydrogen) atoms. The summed E-state index contributed by atoms with van der Waals surface area (Å²) in [4.78, 5) is 8.17. The van der Waals surface area contributed by atoms with Crippen molar-refractivity contribution in [3.05, 3.63) is 22.1 Å². The van der Waals surface area contributed by atoms with Gasteiger partial charge in [0.05, 0.1) is 16.2 Å². The number of imidazole rings is 1. The molecular formula is C7H5BrClN3. The predicted molar refractivity (Wildman–Crippen MR) is 51.2 cm³/mol. The van der Waals surface area contributed by atoms with Gasteiger partial charge in [0.25, 0.3) is 0 Å². The van der Waals surface area contributed by atoms with Crippen LogP contribution in [0.3, 0.4) is 0 Å². The largest absolute Gasteiger partial charge is 0.316 e. The Labute approximate surface area is 82.5 Å². The maximum atomic E-state index is 5.83. The molecule has 2 aromatic rings. The molecule has 3 nitrogen and oxygen atoms in total. The summed E-state index contributed by atoms with van der Waals surface area (Å²) < 4.78 is 2.65. The quantitative estimate of drug-likeness (QED) is 0.714. The lowest BCUT2D eigenvalue weighted by molar-refractivity contribution is 0.946. The van der Waals surface area contributed by atoms with Crippen LogP contribution in [-0.4, -0.2) is 14.5 Å². The van der Waals surface area contributed by atoms with E-state index in [0.717, 1.165) is 15.5 Å². The average molecular weight is 246 g/mol. The highest BCUT2D eigenvalue weighted by molar-refractivity contribution is 9.10. The first-order valence-electron chi connectivity index (χ1n) is 3.31. The van der Waals surface area contributed by atoms with E-state index in [4.69, 9.17) is 11.6 Å². The molecule has 0 bridgehead atoms. The van der Waals surface area contributed by atoms with E-state index in [9.17, 15) is 0 Å². The van der Waals surface area contributed by atoms with Gasteiger partial charge in [-0.2, -0.15) is 0 Å². The van der Waals surface area contributed by atoms with Crippen molar-refractivity contribution in [2.45, 2.75) is 0 Å². The predicted octanol–water partition coefficient (Wildman–Crippen LogP) is 2.38. The summed E-state index contributed by atoms with van der Waals surface area (Å²) in [6, 6.07) is 0. The topological polar surface area (TPSA) is 30.7 Å². The molecule has 2 rings (SSSR count). The Morgan fingerprint density at radius 2 is 2.25 bits per heavy atom. The van der Waals surface area contributed by atoms with Crippen LogP contribution >= 0.6 is 27.5 Å². The fourth-order valence-corrected chi connectivity index (χ4v) is 1.63. The summed E-state index contributed by atoms with van der Waals surface area (Å²) in [6.45, 7) is 0. The minimum absolute atomic E-state index is 0.471. The summed E-state index contributed by atoms with van der Waals surface area (Å²) in [5.41, 5.74) is 1.77. The molecule has 62 valence electrons. The second kappa shape index (κ2) is 2.71. The third kappa shape index (κ3) is 1.03. The molecule has 0 spiro atoms. The molecule has 2 aromatic heterocycles. The van der Waals surface area contributed by atoms with Gasteiger partial charge in [-0.15, -0.1) is 0 Å². The first-order valence-corrected chi connectivity index (χ1v) is 4.48. The van der Waals surface area contributed by atoms with E-state index in [1.807, 2.05) is 7.05 Å². The number of nitrogens with zero attached hydrogens (tertiary/aromatic N) is 3. The number of pyridine rings is 1. The molecule has 0 aliphatic carbocycles. The standard InChI is InChI=1S/C7H5BrClN3/c1-12-5-3-10-2-4(8)6(5)11-7(12)9/h2-3H,1H3. The number of halogens is 2. The van der Waals surface area contributed by atoms with E-state index in [2.05, 4.69) is 25.9 Å². The highest BCUT2D eigenvalue weighted by Gasteiger charge is 2.07. The Balaban J connectivity index is 2.95. The number of hydrogen-bond donors (Lipinski definition) is 0. The third-order valence-corrected chi connectivity index (χ3v) is 2.61. The lowest BCUT2D eigenvalue weighted by atomic mass is 10.4. The Bertz CT molecular complexity index is 437. The number of aromatic nitrogens is 3. The van der Waals surface area contributed by atoms with Crippen molar-refractivity contribution in [2.24, 2.45) is 7.05 Å². The van der Waals surface area contributed by atoms with E-state index in [1.54, 1.807) is 17.0 Å². The summed E-state index contributed by atoms with van der Waals surface area (Å²) in [7, 11) is 1.85. The van der Waals surface area contributed by atoms with Gasteiger partial charge in [-0.1, -0.05) is 0 Å². The second-order valence-electron chi connectivity index (χ2n) is 2.43. The molecule has 0 saturated carbocycles. The molecule has 0 saturated heterocycles. The van der Waals surface area contributed by atoms with E-state index in [0.29, 0.717) is 5.28 Å². The maximum absolute atomic E-state index is 5.83. The van der Waals surface area contributed by atoms with Crippen molar-refractivity contribution in [3.63, 3.8) is 0 Å². The van der Waals surface area contributed by atoms with E-state index < -0.39 is 0 Å². The molecule has 5 heteroatoms. The first-order chi connectivity index (χ1) is 5.70. The van der Waals surface area contributed by atoms with Crippen molar-refractivity contribution < 1.29 is 0 Å². The van der Waals surface area contributed by atoms with E-state index in [1.165, 1.54) is 0 Å². The Morgan fingerprint density at radius 1 is 1.50 bits per heavy atom. The van der Waals surface area contributed by atoms with Crippen molar-refractivity contribution in [3.8, 4) is 0 Å². The zero-order valence-corrected chi connectivity index (χ0v) is 8.59. The summed E-state index contributed by atoms with van der Waals surface area (Å²) in [5.74, 6) is 0. The molecule has 0 atom stereocenters. The molecule has 0 amide bonds. The normalized spacial score (nSPS) is 10.9. The third-order valence-electron chi connectivity index (χ3n) is 1.70. The van der Waals surface area contributed by atoms with Crippen molar-refractivity contribution in [1.82, 2.24) is 14.5 Å². The maximum Gasteiger partial charge on any atom is 0.203 e. The van der Waals surface area contributed by atoms with Crippen LogP contribution in [0.2, 0.25) is 5.28 Å². The molecule has 0 aliphatic rings. The van der Waals surface area contributed by atoms with Gasteiger partial charge >= 0.3 is 0 Å². The van der Waals surface area contributed by atoms with Crippen LogP contribution in [0.15, 0.2) is 16.9 Å². The van der Waals surface area contributed by atoms with Gasteiger partial charge in [-0.3, -0.25) is 4.98 Å². The van der Waals surface area contributed by atoms with Gasteiger partial charge in [0, 0.05) is 13.2 Å². The lowest BCUT2D eigenvalue weighted by Gasteiger charge is -1.93. The SMILES string of the molecule is Cn1c(Cl)nc2c(Br)cncc21. The molecule has 0 aromatic carbocycles. The molecule has 0 N–H and O–H groups in total. The number of rotatable bonds is 0. The van der Waals surface area contributed by atoms with E-state index in [-0.39, 0.29) is 0 Å². The number of hydrogen-bond acceptors (Lipinski definition) is 2. The van der Waals surface area contributed by atoms with Crippen LogP contribution in [0.4, 0.5) is 0 Å². The smallest absolute Gasteiger partial charge is 0.203 e. The summed E-state index contributed by atoms with van der Waals surface area (Å²) in [5, 5.41) is 0.471. The van der Waals surface area contributed by atoms with Crippen molar-refractivity contribution in [1.29, 1.82) is 0 Å². The minimum Gasteiger partial charge on any atom is -0.316 e. The van der Waals surface area contributed by atoms with Crippen LogP contribution < -0.4 is 0 Å². The first kappa shape index (κ1) is 8.01. The lowest BCUT2D eigenvalue weighted by Crippen LogP contribution is -1.86. The molecule has 0 radical (unpaired) electrons. The molecule has 0 fully saturated rings. The Kier molecular flexibility index (Phi) is 1.81. The van der Waals surface area contributed by atoms with Crippen LogP contribution in [0, 0.1) is 0 Å². The fraction of sp³-hybridized carbons (Fsp3) is 0.143. The van der Waals surface area contributed by atoms with Gasteiger partial charge < -0.3 is 4.57 Å². The molecule has 0 aliphatic heterocycles. The minimum atomic E-state index is 0.471. The molecular weight excluding hydrogens is 241 g/mol. The van der Waals surface area contributed by atoms with Gasteiger partial charge in [-0.05, 0) is 27.5 Å². The zero-order chi connectivity index (χ0) is 8.72. The molecule has 2 heterocycles. The van der Waals surface area contributed by atoms with Gasteiger partial charge in [0.15, 0.2) is 0 Å². The fourth-order valence-electron chi connectivity index (χ4n) is 1.04. The zero-order valence-electron chi connectivity index (χ0n) is 6.25. The highest BCUT2D eigenvalue weighted by atomic mass is 79.9. The van der Waals surface area contributed by atoms with Crippen LogP contribution in [0.1, 0.15) is 0 Å². The average Bonchev–Trinajstić information content (AvgIpc) is 2.32. The van der Waals surface area contributed by atoms with Crippen molar-refractivity contribution in [2.75, 3.05) is 0 Å². The van der Waals surface area contributed by atoms with E-state index >= 15 is 0 Å². The Hall–Kier alpha value is -0.610. The monoisotopic (exact) mass is 245 g/mol. The second-order valence-corrected chi connectivity index (χ2v) is 3.62. The van der Waals surface area contributed by atoms with Crippen LogP contribution in [0.25, 0.3) is 11.0 Å². The Morgan fingerprint density at radius 3 is 2.92 bits per heavy atom. The summed E-state index contributed by atoms with van der Waals surface area (Å²) in [6.07, 6.45) is 3.44. The number of aryl methyl sites for hydroxylation is 1. The number of fused-ring (bicyclic) bond motifs is 1. The highest BCUT2D eigenvalue weighted by Crippen LogP contribution is 2.23. The summed E-state index contributed by atoms with van der Waals surface area (Å²) >= 11 is 9.17. The van der Waals surface area contributed by atoms with Crippen LogP contribution in [-0.2, 0) is 7.05 Å². The van der Waals surface area contributed by atoms with Gasteiger partial charge in [-0.25, -0.2) is 4.98 Å². The van der Waals surface area contributed by atoms with Gasteiger partial charge in [0.1, 0.15) is 5.52 Å². The van der Waals surface area contributed by atoms with Gasteiger partial charge in [0.2, 0.25) is 5.28 Å². The van der Waals surface area contributed by atoms with Crippen LogP contribution in [0.5, 0.6) is 0 Å². The molecule has 0 unspecified atom stereocenters.